The van der Waals surface area contributed by atoms with E-state index >= 15 is 0 Å². The van der Waals surface area contributed by atoms with Gasteiger partial charge in [0.25, 0.3) is 5.91 Å². The van der Waals surface area contributed by atoms with Crippen molar-refractivity contribution in [2.24, 2.45) is 0 Å². The number of aromatic amines is 1. The normalized spacial score (nSPS) is 16.3. The van der Waals surface area contributed by atoms with Gasteiger partial charge in [-0.05, 0) is 17.9 Å². The van der Waals surface area contributed by atoms with Crippen LogP contribution in [0.2, 0.25) is 0 Å². The number of carbonyl (C=O) groups is 2. The van der Waals surface area contributed by atoms with Gasteiger partial charge < -0.3 is 15.0 Å². The van der Waals surface area contributed by atoms with Crippen LogP contribution in [0, 0.1) is 0 Å². The Hall–Kier alpha value is -2.19. The van der Waals surface area contributed by atoms with Crippen LogP contribution < -0.4 is 0 Å². The number of thiophene rings is 1. The summed E-state index contributed by atoms with van der Waals surface area (Å²) in [6.07, 6.45) is 2.11. The Morgan fingerprint density at radius 1 is 1.30 bits per heavy atom. The number of imidazole rings is 1. The summed E-state index contributed by atoms with van der Waals surface area (Å²) in [6, 6.07) is 4.15. The van der Waals surface area contributed by atoms with E-state index in [4.69, 9.17) is 5.11 Å². The molecule has 2 aromatic rings. The van der Waals surface area contributed by atoms with E-state index in [1.165, 1.54) is 11.2 Å². The van der Waals surface area contributed by atoms with Crippen LogP contribution in [-0.2, 0) is 6.54 Å². The number of nitrogens with zero attached hydrogens (tertiary/aromatic N) is 3. The van der Waals surface area contributed by atoms with Gasteiger partial charge in [-0.2, -0.15) is 0 Å². The minimum Gasteiger partial charge on any atom is -0.477 e. The van der Waals surface area contributed by atoms with Gasteiger partial charge in [-0.15, -0.1) is 11.3 Å². The van der Waals surface area contributed by atoms with Gasteiger partial charge >= 0.3 is 5.97 Å². The van der Waals surface area contributed by atoms with Gasteiger partial charge in [0.1, 0.15) is 0 Å². The van der Waals surface area contributed by atoms with Crippen LogP contribution >= 0.6 is 11.3 Å². The molecule has 0 atom stereocenters. The highest BCUT2D eigenvalue weighted by Crippen LogP contribution is 2.15. The lowest BCUT2D eigenvalue weighted by Gasteiger charge is -2.21. The van der Waals surface area contributed by atoms with Crippen molar-refractivity contribution >= 4 is 23.2 Å². The van der Waals surface area contributed by atoms with Gasteiger partial charge in [0.15, 0.2) is 11.4 Å². The monoisotopic (exact) mass is 334 g/mol. The number of aromatic carboxylic acids is 1. The quantitative estimate of drug-likeness (QED) is 0.885. The lowest BCUT2D eigenvalue weighted by atomic mass is 10.2. The number of carboxylic acids is 1. The van der Waals surface area contributed by atoms with Crippen molar-refractivity contribution in [2.45, 2.75) is 13.0 Å². The summed E-state index contributed by atoms with van der Waals surface area (Å²) in [6.45, 7) is 3.79. The predicted molar refractivity (Wildman–Crippen MR) is 85.7 cm³/mol. The fourth-order valence-corrected chi connectivity index (χ4v) is 3.47. The molecular formula is C15H18N4O3S. The Morgan fingerprint density at radius 3 is 2.91 bits per heavy atom. The van der Waals surface area contributed by atoms with Gasteiger partial charge in [0.05, 0.1) is 6.33 Å². The molecule has 0 bridgehead atoms. The number of aromatic nitrogens is 2. The van der Waals surface area contributed by atoms with Crippen molar-refractivity contribution < 1.29 is 14.7 Å². The summed E-state index contributed by atoms with van der Waals surface area (Å²) in [5, 5.41) is 11.2. The lowest BCUT2D eigenvalue weighted by Crippen LogP contribution is -2.36. The first-order valence-electron chi connectivity index (χ1n) is 7.46. The van der Waals surface area contributed by atoms with Gasteiger partial charge in [-0.25, -0.2) is 9.78 Å². The average molecular weight is 334 g/mol. The minimum atomic E-state index is -1.17. The number of nitrogens with one attached hydrogen (secondary N) is 1. The van der Waals surface area contributed by atoms with E-state index in [9.17, 15) is 9.59 Å². The first kappa shape index (κ1) is 15.7. The van der Waals surface area contributed by atoms with E-state index < -0.39 is 5.97 Å². The number of hydrogen-bond acceptors (Lipinski definition) is 5. The van der Waals surface area contributed by atoms with Crippen LogP contribution in [0.15, 0.2) is 23.8 Å². The molecule has 1 amide bonds. The number of rotatable bonds is 4. The second-order valence-electron chi connectivity index (χ2n) is 5.43. The Bertz CT molecular complexity index is 683. The van der Waals surface area contributed by atoms with Crippen molar-refractivity contribution in [3.8, 4) is 0 Å². The summed E-state index contributed by atoms with van der Waals surface area (Å²) in [5.41, 5.74) is -0.154. The zero-order valence-electron chi connectivity index (χ0n) is 12.6. The molecule has 0 radical (unpaired) electrons. The second kappa shape index (κ2) is 6.93. The first-order valence-corrected chi connectivity index (χ1v) is 8.34. The highest BCUT2D eigenvalue weighted by molar-refractivity contribution is 7.09. The molecule has 122 valence electrons. The van der Waals surface area contributed by atoms with Crippen molar-refractivity contribution in [2.75, 3.05) is 26.2 Å². The number of H-pyrrole nitrogens is 1. The predicted octanol–water partition coefficient (Wildman–Crippen LogP) is 1.52. The van der Waals surface area contributed by atoms with Crippen LogP contribution in [0.4, 0.5) is 0 Å². The molecule has 3 rings (SSSR count). The number of hydrogen-bond donors (Lipinski definition) is 2. The van der Waals surface area contributed by atoms with Crippen molar-refractivity contribution in [3.05, 3.63) is 40.1 Å². The molecule has 23 heavy (non-hydrogen) atoms. The lowest BCUT2D eigenvalue weighted by molar-refractivity contribution is 0.0669. The third kappa shape index (κ3) is 3.59. The standard InChI is InChI=1S/C15H18N4O3S/c20-14(12-13(15(21)22)17-10-16-12)19-5-2-4-18(6-7-19)9-11-3-1-8-23-11/h1,3,8,10H,2,4-7,9H2,(H,16,17)(H,21,22). The second-order valence-corrected chi connectivity index (χ2v) is 6.46. The molecular weight excluding hydrogens is 316 g/mol. The molecule has 0 saturated carbocycles. The van der Waals surface area contributed by atoms with E-state index in [-0.39, 0.29) is 17.3 Å². The maximum atomic E-state index is 12.5. The molecule has 0 spiro atoms. The molecule has 0 unspecified atom stereocenters. The zero-order valence-corrected chi connectivity index (χ0v) is 13.4. The molecule has 1 saturated heterocycles. The largest absolute Gasteiger partial charge is 0.477 e. The first-order chi connectivity index (χ1) is 11.1. The van der Waals surface area contributed by atoms with E-state index in [0.29, 0.717) is 13.1 Å². The van der Waals surface area contributed by atoms with Gasteiger partial charge in [-0.1, -0.05) is 6.07 Å². The van der Waals surface area contributed by atoms with Crippen LogP contribution in [-0.4, -0.2) is 62.9 Å². The molecule has 2 N–H and O–H groups in total. The molecule has 1 aliphatic rings. The Balaban J connectivity index is 1.64. The van der Waals surface area contributed by atoms with Crippen molar-refractivity contribution in [1.29, 1.82) is 0 Å². The molecule has 1 aliphatic heterocycles. The Kier molecular flexibility index (Phi) is 4.73. The third-order valence-electron chi connectivity index (χ3n) is 3.89. The smallest absolute Gasteiger partial charge is 0.354 e. The molecule has 3 heterocycles. The molecule has 0 aromatic carbocycles. The average Bonchev–Trinajstić information content (AvgIpc) is 3.15. The number of carbonyl (C=O) groups excluding carboxylic acids is 1. The highest BCUT2D eigenvalue weighted by atomic mass is 32.1. The summed E-state index contributed by atoms with van der Waals surface area (Å²) < 4.78 is 0. The van der Waals surface area contributed by atoms with Crippen LogP contribution in [0.1, 0.15) is 32.3 Å². The van der Waals surface area contributed by atoms with Crippen LogP contribution in [0.3, 0.4) is 0 Å². The third-order valence-corrected chi connectivity index (χ3v) is 4.75. The summed E-state index contributed by atoms with van der Waals surface area (Å²) in [4.78, 5) is 35.4. The maximum absolute atomic E-state index is 12.5. The molecule has 1 fully saturated rings. The number of carboxylic acid groups (broad SMARTS) is 1. The molecule has 7 nitrogen and oxygen atoms in total. The van der Waals surface area contributed by atoms with Gasteiger partial charge in [0.2, 0.25) is 0 Å². The van der Waals surface area contributed by atoms with Gasteiger partial charge in [-0.3, -0.25) is 9.69 Å². The SMILES string of the molecule is O=C(O)c1[nH]cnc1C(=O)N1CCCN(Cc2cccs2)CC1. The Labute approximate surface area is 137 Å². The Morgan fingerprint density at radius 2 is 2.17 bits per heavy atom. The topological polar surface area (TPSA) is 89.5 Å². The zero-order chi connectivity index (χ0) is 16.2. The van der Waals surface area contributed by atoms with Crippen LogP contribution in [0.5, 0.6) is 0 Å². The van der Waals surface area contributed by atoms with Crippen molar-refractivity contribution in [3.63, 3.8) is 0 Å². The maximum Gasteiger partial charge on any atom is 0.354 e. The molecule has 0 aliphatic carbocycles. The van der Waals surface area contributed by atoms with Crippen LogP contribution in [0.25, 0.3) is 0 Å². The fourth-order valence-electron chi connectivity index (χ4n) is 2.72. The summed E-state index contributed by atoms with van der Waals surface area (Å²) in [5.74, 6) is -1.48. The minimum absolute atomic E-state index is 0.00999. The van der Waals surface area contributed by atoms with Crippen molar-refractivity contribution in [1.82, 2.24) is 19.8 Å². The molecule has 8 heteroatoms. The number of amides is 1. The fraction of sp³-hybridized carbons (Fsp3) is 0.400. The summed E-state index contributed by atoms with van der Waals surface area (Å²) >= 11 is 1.73. The molecule has 2 aromatic heterocycles. The highest BCUT2D eigenvalue weighted by Gasteiger charge is 2.26. The summed E-state index contributed by atoms with van der Waals surface area (Å²) in [7, 11) is 0. The van der Waals surface area contributed by atoms with E-state index in [2.05, 4.69) is 26.3 Å². The van der Waals surface area contributed by atoms with E-state index in [0.717, 1.165) is 26.1 Å². The van der Waals surface area contributed by atoms with E-state index in [1.807, 2.05) is 6.07 Å². The van der Waals surface area contributed by atoms with E-state index in [1.54, 1.807) is 16.2 Å². The van der Waals surface area contributed by atoms with Gasteiger partial charge in [0, 0.05) is 37.6 Å².